The fourth-order valence-corrected chi connectivity index (χ4v) is 2.36. The first kappa shape index (κ1) is 12.5. The van der Waals surface area contributed by atoms with E-state index >= 15 is 0 Å². The number of benzene rings is 1. The summed E-state index contributed by atoms with van der Waals surface area (Å²) in [5.41, 5.74) is 7.92. The van der Waals surface area contributed by atoms with Gasteiger partial charge >= 0.3 is 0 Å². The highest BCUT2D eigenvalue weighted by molar-refractivity contribution is 5.25. The van der Waals surface area contributed by atoms with Gasteiger partial charge in [-0.2, -0.15) is 0 Å². The summed E-state index contributed by atoms with van der Waals surface area (Å²) < 4.78 is 18.8. The number of halogens is 1. The number of aryl methyl sites for hydroxylation is 1. The second-order valence-electron chi connectivity index (χ2n) is 4.93. The minimum atomic E-state index is -0.189. The lowest BCUT2D eigenvalue weighted by atomic mass is 9.93. The summed E-state index contributed by atoms with van der Waals surface area (Å²) in [6, 6.07) is 5.11. The summed E-state index contributed by atoms with van der Waals surface area (Å²) in [5.74, 6) is -0.189. The molecule has 94 valence electrons. The third-order valence-corrected chi connectivity index (χ3v) is 3.45. The Kier molecular flexibility index (Phi) is 4.13. The first-order valence-corrected chi connectivity index (χ1v) is 6.27. The van der Waals surface area contributed by atoms with E-state index in [4.69, 9.17) is 10.5 Å². The molecule has 1 saturated carbocycles. The molecule has 1 aliphatic carbocycles. The fraction of sp³-hybridized carbons (Fsp3) is 0.571. The molecule has 2 N–H and O–H groups in total. The molecule has 2 unspecified atom stereocenters. The molecule has 1 fully saturated rings. The molecule has 0 aromatic heterocycles. The van der Waals surface area contributed by atoms with Crippen molar-refractivity contribution in [1.29, 1.82) is 0 Å². The second kappa shape index (κ2) is 5.61. The quantitative estimate of drug-likeness (QED) is 0.877. The number of ether oxygens (including phenoxy) is 1. The highest BCUT2D eigenvalue weighted by atomic mass is 19.1. The van der Waals surface area contributed by atoms with Crippen LogP contribution in [0.2, 0.25) is 0 Å². The first-order valence-electron chi connectivity index (χ1n) is 6.27. The van der Waals surface area contributed by atoms with Gasteiger partial charge in [0.25, 0.3) is 0 Å². The summed E-state index contributed by atoms with van der Waals surface area (Å²) >= 11 is 0. The zero-order valence-corrected chi connectivity index (χ0v) is 10.3. The van der Waals surface area contributed by atoms with Gasteiger partial charge in [0.2, 0.25) is 0 Å². The molecule has 0 amide bonds. The van der Waals surface area contributed by atoms with Crippen LogP contribution in [0.3, 0.4) is 0 Å². The van der Waals surface area contributed by atoms with Crippen LogP contribution >= 0.6 is 0 Å². The van der Waals surface area contributed by atoms with Crippen LogP contribution in [0.4, 0.5) is 4.39 Å². The van der Waals surface area contributed by atoms with Crippen molar-refractivity contribution in [3.05, 3.63) is 35.1 Å². The average Bonchev–Trinajstić information content (AvgIpc) is 2.28. The van der Waals surface area contributed by atoms with Crippen LogP contribution in [0.15, 0.2) is 18.2 Å². The first-order chi connectivity index (χ1) is 8.15. The molecular formula is C14H20FNO. The van der Waals surface area contributed by atoms with E-state index in [9.17, 15) is 4.39 Å². The van der Waals surface area contributed by atoms with E-state index in [0.29, 0.717) is 6.61 Å². The molecule has 1 aromatic rings. The summed E-state index contributed by atoms with van der Waals surface area (Å²) in [5, 5.41) is 0. The third kappa shape index (κ3) is 3.51. The Bertz CT molecular complexity index is 380. The monoisotopic (exact) mass is 237 g/mol. The van der Waals surface area contributed by atoms with E-state index in [1.807, 2.05) is 6.92 Å². The fourth-order valence-electron chi connectivity index (χ4n) is 2.36. The molecule has 2 rings (SSSR count). The number of hydrogen-bond acceptors (Lipinski definition) is 2. The van der Waals surface area contributed by atoms with Gasteiger partial charge in [0, 0.05) is 6.04 Å². The summed E-state index contributed by atoms with van der Waals surface area (Å²) in [4.78, 5) is 0. The topological polar surface area (TPSA) is 35.2 Å². The van der Waals surface area contributed by atoms with Crippen molar-refractivity contribution in [1.82, 2.24) is 0 Å². The van der Waals surface area contributed by atoms with Gasteiger partial charge in [-0.05, 0) is 55.9 Å². The molecule has 0 heterocycles. The Morgan fingerprint density at radius 2 is 2.24 bits per heavy atom. The van der Waals surface area contributed by atoms with Crippen LogP contribution in [0.1, 0.15) is 36.8 Å². The van der Waals surface area contributed by atoms with E-state index in [0.717, 1.165) is 36.8 Å². The summed E-state index contributed by atoms with van der Waals surface area (Å²) in [6.07, 6.45) is 4.56. The second-order valence-corrected chi connectivity index (χ2v) is 4.93. The molecule has 0 spiro atoms. The maximum atomic E-state index is 12.9. The van der Waals surface area contributed by atoms with Crippen molar-refractivity contribution in [3.63, 3.8) is 0 Å². The van der Waals surface area contributed by atoms with E-state index in [-0.39, 0.29) is 18.0 Å². The van der Waals surface area contributed by atoms with Gasteiger partial charge in [-0.1, -0.05) is 6.07 Å². The molecule has 17 heavy (non-hydrogen) atoms. The molecule has 3 heteroatoms. The van der Waals surface area contributed by atoms with Gasteiger partial charge < -0.3 is 10.5 Å². The molecule has 2 atom stereocenters. The normalized spacial score (nSPS) is 24.9. The Morgan fingerprint density at radius 1 is 1.41 bits per heavy atom. The molecule has 1 aliphatic rings. The van der Waals surface area contributed by atoms with Crippen LogP contribution in [-0.4, -0.2) is 12.1 Å². The van der Waals surface area contributed by atoms with Gasteiger partial charge in [-0.15, -0.1) is 0 Å². The van der Waals surface area contributed by atoms with Gasteiger partial charge in [0.05, 0.1) is 12.7 Å². The van der Waals surface area contributed by atoms with Crippen molar-refractivity contribution < 1.29 is 9.13 Å². The molecule has 1 aromatic carbocycles. The number of hydrogen-bond donors (Lipinski definition) is 1. The van der Waals surface area contributed by atoms with Crippen LogP contribution in [0.5, 0.6) is 0 Å². The Morgan fingerprint density at radius 3 is 2.94 bits per heavy atom. The van der Waals surface area contributed by atoms with Gasteiger partial charge in [0.15, 0.2) is 0 Å². The smallest absolute Gasteiger partial charge is 0.123 e. The Labute approximate surface area is 102 Å². The van der Waals surface area contributed by atoms with Crippen LogP contribution in [-0.2, 0) is 11.3 Å². The average molecular weight is 237 g/mol. The van der Waals surface area contributed by atoms with Crippen LogP contribution in [0.25, 0.3) is 0 Å². The SMILES string of the molecule is Cc1cc(F)ccc1COC1CCCC(N)C1. The minimum absolute atomic E-state index is 0.189. The zero-order chi connectivity index (χ0) is 12.3. The molecule has 0 bridgehead atoms. The highest BCUT2D eigenvalue weighted by Crippen LogP contribution is 2.21. The third-order valence-electron chi connectivity index (χ3n) is 3.45. The Hall–Kier alpha value is -0.930. The van der Waals surface area contributed by atoms with Crippen LogP contribution < -0.4 is 5.73 Å². The molecule has 0 saturated heterocycles. The maximum absolute atomic E-state index is 12.9. The Balaban J connectivity index is 1.88. The minimum Gasteiger partial charge on any atom is -0.373 e. The van der Waals surface area contributed by atoms with Crippen molar-refractivity contribution >= 4 is 0 Å². The van der Waals surface area contributed by atoms with E-state index in [1.165, 1.54) is 6.07 Å². The summed E-state index contributed by atoms with van der Waals surface area (Å²) in [7, 11) is 0. The van der Waals surface area contributed by atoms with E-state index in [2.05, 4.69) is 0 Å². The van der Waals surface area contributed by atoms with Crippen molar-refractivity contribution in [2.75, 3.05) is 0 Å². The highest BCUT2D eigenvalue weighted by Gasteiger charge is 2.19. The van der Waals surface area contributed by atoms with Crippen LogP contribution in [0, 0.1) is 12.7 Å². The van der Waals surface area contributed by atoms with E-state index in [1.54, 1.807) is 12.1 Å². The number of nitrogens with two attached hydrogens (primary N) is 1. The lowest BCUT2D eigenvalue weighted by Crippen LogP contribution is -2.32. The lowest BCUT2D eigenvalue weighted by Gasteiger charge is -2.26. The lowest BCUT2D eigenvalue weighted by molar-refractivity contribution is 0.0120. The number of rotatable bonds is 3. The summed E-state index contributed by atoms with van der Waals surface area (Å²) in [6.45, 7) is 2.47. The van der Waals surface area contributed by atoms with Gasteiger partial charge in [-0.25, -0.2) is 4.39 Å². The molecule has 2 nitrogen and oxygen atoms in total. The standard InChI is InChI=1S/C14H20FNO/c1-10-7-12(15)6-5-11(10)9-17-14-4-2-3-13(16)8-14/h5-7,13-14H,2-4,8-9,16H2,1H3. The molecule has 0 aliphatic heterocycles. The predicted octanol–water partition coefficient (Wildman–Crippen LogP) is 2.92. The predicted molar refractivity (Wildman–Crippen MR) is 66.2 cm³/mol. The molecular weight excluding hydrogens is 217 g/mol. The maximum Gasteiger partial charge on any atom is 0.123 e. The zero-order valence-electron chi connectivity index (χ0n) is 10.3. The van der Waals surface area contributed by atoms with Gasteiger partial charge in [-0.3, -0.25) is 0 Å². The van der Waals surface area contributed by atoms with Crippen molar-refractivity contribution in [2.24, 2.45) is 5.73 Å². The van der Waals surface area contributed by atoms with Crippen molar-refractivity contribution in [2.45, 2.75) is 51.4 Å². The van der Waals surface area contributed by atoms with Crippen molar-refractivity contribution in [3.8, 4) is 0 Å². The largest absolute Gasteiger partial charge is 0.373 e. The molecule has 0 radical (unpaired) electrons. The van der Waals surface area contributed by atoms with Gasteiger partial charge in [0.1, 0.15) is 5.82 Å². The van der Waals surface area contributed by atoms with E-state index < -0.39 is 0 Å².